The van der Waals surface area contributed by atoms with Gasteiger partial charge in [-0.3, -0.25) is 9.78 Å². The second-order valence-corrected chi connectivity index (χ2v) is 6.37. The number of benzene rings is 1. The number of nitrogens with one attached hydrogen (secondary N) is 1. The van der Waals surface area contributed by atoms with E-state index in [9.17, 15) is 4.79 Å². The minimum absolute atomic E-state index is 0.0625. The molecule has 3 rings (SSSR count). The molecule has 2 heterocycles. The Morgan fingerprint density at radius 2 is 2.12 bits per heavy atom. The maximum absolute atomic E-state index is 12.8. The van der Waals surface area contributed by atoms with Crippen LogP contribution in [0.1, 0.15) is 40.4 Å². The fourth-order valence-electron chi connectivity index (χ4n) is 3.33. The van der Waals surface area contributed by atoms with Crippen LogP contribution in [0.15, 0.2) is 42.7 Å². The highest BCUT2D eigenvalue weighted by Gasteiger charge is 2.27. The summed E-state index contributed by atoms with van der Waals surface area (Å²) in [7, 11) is 1.63. The molecule has 0 spiro atoms. The van der Waals surface area contributed by atoms with Gasteiger partial charge in [-0.2, -0.15) is 0 Å². The van der Waals surface area contributed by atoms with Crippen molar-refractivity contribution in [2.45, 2.75) is 25.8 Å². The smallest absolute Gasteiger partial charge is 0.251 e. The normalized spacial score (nSPS) is 16.2. The number of nitrogens with zero attached hydrogens (tertiary/aromatic N) is 1. The zero-order valence-corrected chi connectivity index (χ0v) is 14.7. The highest BCUT2D eigenvalue weighted by molar-refractivity contribution is 5.94. The van der Waals surface area contributed by atoms with Crippen LogP contribution in [0.4, 0.5) is 0 Å². The minimum Gasteiger partial charge on any atom is -0.496 e. The molecule has 1 saturated heterocycles. The second-order valence-electron chi connectivity index (χ2n) is 6.37. The summed E-state index contributed by atoms with van der Waals surface area (Å²) >= 11 is 0. The predicted molar refractivity (Wildman–Crippen MR) is 95.7 cm³/mol. The summed E-state index contributed by atoms with van der Waals surface area (Å²) in [6.07, 6.45) is 5.45. The molecule has 1 atom stereocenters. The van der Waals surface area contributed by atoms with Crippen LogP contribution in [0, 0.1) is 12.8 Å². The van der Waals surface area contributed by atoms with Crippen molar-refractivity contribution in [3.05, 3.63) is 59.4 Å². The van der Waals surface area contributed by atoms with E-state index >= 15 is 0 Å². The number of aromatic nitrogens is 1. The SMILES string of the molecule is COc1ccc(C(=O)NC(c2cccnc2)C2CCOCC2)cc1C. The van der Waals surface area contributed by atoms with Gasteiger partial charge in [0, 0.05) is 31.2 Å². The van der Waals surface area contributed by atoms with E-state index in [1.165, 1.54) is 0 Å². The Bertz CT molecular complexity index is 712. The number of rotatable bonds is 5. The summed E-state index contributed by atoms with van der Waals surface area (Å²) in [4.78, 5) is 17.0. The van der Waals surface area contributed by atoms with Gasteiger partial charge in [0.2, 0.25) is 0 Å². The van der Waals surface area contributed by atoms with E-state index < -0.39 is 0 Å². The van der Waals surface area contributed by atoms with Crippen molar-refractivity contribution in [2.75, 3.05) is 20.3 Å². The molecule has 1 fully saturated rings. The van der Waals surface area contributed by atoms with Crippen LogP contribution in [0.3, 0.4) is 0 Å². The number of hydrogen-bond donors (Lipinski definition) is 1. The van der Waals surface area contributed by atoms with Gasteiger partial charge in [-0.1, -0.05) is 6.07 Å². The first-order valence-corrected chi connectivity index (χ1v) is 8.62. The van der Waals surface area contributed by atoms with Crippen LogP contribution in [0.25, 0.3) is 0 Å². The van der Waals surface area contributed by atoms with Crippen molar-refractivity contribution in [2.24, 2.45) is 5.92 Å². The first-order valence-electron chi connectivity index (χ1n) is 8.62. The zero-order valence-electron chi connectivity index (χ0n) is 14.7. The van der Waals surface area contributed by atoms with Gasteiger partial charge in [0.1, 0.15) is 5.75 Å². The topological polar surface area (TPSA) is 60.5 Å². The fraction of sp³-hybridized carbons (Fsp3) is 0.400. The Kier molecular flexibility index (Phi) is 5.66. The van der Waals surface area contributed by atoms with E-state index in [4.69, 9.17) is 9.47 Å². The monoisotopic (exact) mass is 340 g/mol. The Hall–Kier alpha value is -2.40. The third-order valence-electron chi connectivity index (χ3n) is 4.72. The molecule has 1 amide bonds. The average molecular weight is 340 g/mol. The quantitative estimate of drug-likeness (QED) is 0.907. The van der Waals surface area contributed by atoms with Crippen LogP contribution >= 0.6 is 0 Å². The van der Waals surface area contributed by atoms with E-state index in [0.717, 1.165) is 42.9 Å². The lowest BCUT2D eigenvalue weighted by Gasteiger charge is -2.31. The van der Waals surface area contributed by atoms with Crippen molar-refractivity contribution in [3.8, 4) is 5.75 Å². The van der Waals surface area contributed by atoms with Gasteiger partial charge in [-0.25, -0.2) is 0 Å². The molecule has 1 unspecified atom stereocenters. The lowest BCUT2D eigenvalue weighted by Crippen LogP contribution is -2.36. The Labute approximate surface area is 148 Å². The van der Waals surface area contributed by atoms with Crippen molar-refractivity contribution in [3.63, 3.8) is 0 Å². The summed E-state index contributed by atoms with van der Waals surface area (Å²) in [5.41, 5.74) is 2.62. The predicted octanol–water partition coefficient (Wildman–Crippen LogP) is 3.30. The molecule has 0 radical (unpaired) electrons. The second kappa shape index (κ2) is 8.12. The lowest BCUT2D eigenvalue weighted by molar-refractivity contribution is 0.0513. The molecule has 0 saturated carbocycles. The summed E-state index contributed by atoms with van der Waals surface area (Å²) < 4.78 is 10.7. The fourth-order valence-corrected chi connectivity index (χ4v) is 3.33. The van der Waals surface area contributed by atoms with E-state index in [-0.39, 0.29) is 11.9 Å². The summed E-state index contributed by atoms with van der Waals surface area (Å²) in [5.74, 6) is 1.05. The first-order chi connectivity index (χ1) is 12.2. The van der Waals surface area contributed by atoms with Gasteiger partial charge >= 0.3 is 0 Å². The molecule has 1 aliphatic rings. The molecule has 1 aliphatic heterocycles. The highest BCUT2D eigenvalue weighted by atomic mass is 16.5. The van der Waals surface area contributed by atoms with Gasteiger partial charge in [0.25, 0.3) is 5.91 Å². The number of carbonyl (C=O) groups excluding carboxylic acids is 1. The summed E-state index contributed by atoms with van der Waals surface area (Å²) in [6.45, 7) is 3.41. The number of hydrogen-bond acceptors (Lipinski definition) is 4. The van der Waals surface area contributed by atoms with Crippen LogP contribution in [-0.2, 0) is 4.74 Å². The molecule has 5 heteroatoms. The molecule has 2 aromatic rings. The van der Waals surface area contributed by atoms with E-state index in [1.807, 2.05) is 37.4 Å². The molecular formula is C20H24N2O3. The number of amides is 1. The van der Waals surface area contributed by atoms with Crippen LogP contribution in [0.2, 0.25) is 0 Å². The van der Waals surface area contributed by atoms with Crippen LogP contribution < -0.4 is 10.1 Å². The molecular weight excluding hydrogens is 316 g/mol. The van der Waals surface area contributed by atoms with E-state index in [2.05, 4.69) is 10.3 Å². The van der Waals surface area contributed by atoms with E-state index in [0.29, 0.717) is 11.5 Å². The first kappa shape index (κ1) is 17.4. The maximum Gasteiger partial charge on any atom is 0.251 e. The molecule has 1 aromatic heterocycles. The molecule has 132 valence electrons. The Morgan fingerprint density at radius 3 is 2.76 bits per heavy atom. The van der Waals surface area contributed by atoms with Crippen molar-refractivity contribution in [1.29, 1.82) is 0 Å². The number of carbonyl (C=O) groups is 1. The summed E-state index contributed by atoms with van der Waals surface area (Å²) in [6, 6.07) is 9.35. The van der Waals surface area contributed by atoms with Crippen molar-refractivity contribution in [1.82, 2.24) is 10.3 Å². The minimum atomic E-state index is -0.0777. The molecule has 25 heavy (non-hydrogen) atoms. The molecule has 5 nitrogen and oxygen atoms in total. The number of ether oxygens (including phenoxy) is 2. The highest BCUT2D eigenvalue weighted by Crippen LogP contribution is 2.30. The van der Waals surface area contributed by atoms with Crippen LogP contribution in [-0.4, -0.2) is 31.2 Å². The molecule has 1 aromatic carbocycles. The third-order valence-corrected chi connectivity index (χ3v) is 4.72. The number of pyridine rings is 1. The Morgan fingerprint density at radius 1 is 1.32 bits per heavy atom. The maximum atomic E-state index is 12.8. The zero-order chi connectivity index (χ0) is 17.6. The standard InChI is InChI=1S/C20H24N2O3/c1-14-12-16(5-6-18(14)24-2)20(23)22-19(15-7-10-25-11-8-15)17-4-3-9-21-13-17/h3-6,9,12-13,15,19H,7-8,10-11H2,1-2H3,(H,22,23). The lowest BCUT2D eigenvalue weighted by atomic mass is 9.87. The Balaban J connectivity index is 1.81. The van der Waals surface area contributed by atoms with E-state index in [1.54, 1.807) is 19.4 Å². The van der Waals surface area contributed by atoms with Gasteiger partial charge in [-0.15, -0.1) is 0 Å². The van der Waals surface area contributed by atoms with Gasteiger partial charge < -0.3 is 14.8 Å². The van der Waals surface area contributed by atoms with Gasteiger partial charge in [0.15, 0.2) is 0 Å². The van der Waals surface area contributed by atoms with Crippen molar-refractivity contribution >= 4 is 5.91 Å². The number of aryl methyl sites for hydroxylation is 1. The van der Waals surface area contributed by atoms with Gasteiger partial charge in [0.05, 0.1) is 13.2 Å². The molecule has 1 N–H and O–H groups in total. The van der Waals surface area contributed by atoms with Gasteiger partial charge in [-0.05, 0) is 61.1 Å². The third kappa shape index (κ3) is 4.17. The number of methoxy groups -OCH3 is 1. The average Bonchev–Trinajstić information content (AvgIpc) is 2.67. The van der Waals surface area contributed by atoms with Crippen LogP contribution in [0.5, 0.6) is 5.75 Å². The largest absolute Gasteiger partial charge is 0.496 e. The van der Waals surface area contributed by atoms with Crippen molar-refractivity contribution < 1.29 is 14.3 Å². The molecule has 0 bridgehead atoms. The molecule has 0 aliphatic carbocycles. The summed E-state index contributed by atoms with van der Waals surface area (Å²) in [5, 5.41) is 3.21.